The average molecular weight is 315 g/mol. The molecule has 2 aromatic carbocycles. The molecule has 1 atom stereocenters. The molecule has 0 bridgehead atoms. The molecule has 2 rings (SSSR count). The maximum atomic E-state index is 12.2. The molecule has 2 aromatic rings. The van der Waals surface area contributed by atoms with Crippen LogP contribution in [0.2, 0.25) is 0 Å². The van der Waals surface area contributed by atoms with Gasteiger partial charge < -0.3 is 5.32 Å². The summed E-state index contributed by atoms with van der Waals surface area (Å²) in [5, 5.41) is 23.8. The Bertz CT molecular complexity index is 741. The van der Waals surface area contributed by atoms with E-state index in [1.807, 2.05) is 0 Å². The fourth-order valence-corrected chi connectivity index (χ4v) is 1.95. The van der Waals surface area contributed by atoms with Gasteiger partial charge in [-0.25, -0.2) is 0 Å². The van der Waals surface area contributed by atoms with Crippen molar-refractivity contribution in [3.05, 3.63) is 74.3 Å². The van der Waals surface area contributed by atoms with Gasteiger partial charge in [0.05, 0.1) is 15.8 Å². The summed E-state index contributed by atoms with van der Waals surface area (Å²) < 4.78 is 0. The van der Waals surface area contributed by atoms with Crippen LogP contribution in [0.3, 0.4) is 0 Å². The second-order valence-electron chi connectivity index (χ2n) is 4.86. The largest absolute Gasteiger partial charge is 0.326 e. The van der Waals surface area contributed by atoms with Gasteiger partial charge in [-0.1, -0.05) is 12.1 Å². The Balaban J connectivity index is 2.07. The van der Waals surface area contributed by atoms with Crippen LogP contribution in [-0.4, -0.2) is 15.8 Å². The zero-order valence-electron chi connectivity index (χ0n) is 12.1. The Hall–Kier alpha value is -3.29. The van der Waals surface area contributed by atoms with Crippen LogP contribution in [0, 0.1) is 20.2 Å². The predicted octanol–water partition coefficient (Wildman–Crippen LogP) is 3.25. The lowest BCUT2D eigenvalue weighted by Gasteiger charge is -2.12. The first kappa shape index (κ1) is 16.1. The lowest BCUT2D eigenvalue weighted by atomic mass is 10.00. The number of non-ortho nitro benzene ring substituents is 2. The molecule has 0 aliphatic rings. The molecule has 0 aliphatic carbocycles. The van der Waals surface area contributed by atoms with Crippen LogP contribution in [0.15, 0.2) is 48.5 Å². The maximum Gasteiger partial charge on any atom is 0.269 e. The lowest BCUT2D eigenvalue weighted by Crippen LogP contribution is -2.18. The van der Waals surface area contributed by atoms with Crippen molar-refractivity contribution in [1.29, 1.82) is 0 Å². The first-order chi connectivity index (χ1) is 10.9. The minimum atomic E-state index is -0.523. The van der Waals surface area contributed by atoms with Gasteiger partial charge in [0.15, 0.2) is 0 Å². The van der Waals surface area contributed by atoms with Gasteiger partial charge >= 0.3 is 0 Å². The first-order valence-electron chi connectivity index (χ1n) is 6.68. The van der Waals surface area contributed by atoms with E-state index < -0.39 is 15.8 Å². The molecular formula is C15H13N3O5. The van der Waals surface area contributed by atoms with Gasteiger partial charge in [-0.05, 0) is 24.6 Å². The molecule has 8 heteroatoms. The van der Waals surface area contributed by atoms with E-state index in [4.69, 9.17) is 0 Å². The number of nitro groups is 2. The number of carbonyl (C=O) groups is 1. The van der Waals surface area contributed by atoms with Crippen molar-refractivity contribution in [3.8, 4) is 0 Å². The summed E-state index contributed by atoms with van der Waals surface area (Å²) in [5.41, 5.74) is 0.965. The van der Waals surface area contributed by atoms with Crippen molar-refractivity contribution in [1.82, 2.24) is 0 Å². The topological polar surface area (TPSA) is 115 Å². The van der Waals surface area contributed by atoms with E-state index in [1.165, 1.54) is 48.5 Å². The second-order valence-corrected chi connectivity index (χ2v) is 4.86. The molecule has 0 saturated carbocycles. The number of nitro benzene ring substituents is 2. The predicted molar refractivity (Wildman–Crippen MR) is 83.2 cm³/mol. The van der Waals surface area contributed by atoms with Crippen molar-refractivity contribution in [3.63, 3.8) is 0 Å². The molecule has 8 nitrogen and oxygen atoms in total. The number of hydrogen-bond acceptors (Lipinski definition) is 5. The molecule has 0 spiro atoms. The summed E-state index contributed by atoms with van der Waals surface area (Å²) in [6, 6.07) is 11.2. The smallest absolute Gasteiger partial charge is 0.269 e. The Morgan fingerprint density at radius 3 is 1.78 bits per heavy atom. The van der Waals surface area contributed by atoms with Crippen LogP contribution < -0.4 is 5.32 Å². The first-order valence-corrected chi connectivity index (χ1v) is 6.68. The molecule has 0 radical (unpaired) electrons. The second kappa shape index (κ2) is 6.65. The summed E-state index contributed by atoms with van der Waals surface area (Å²) >= 11 is 0. The highest BCUT2D eigenvalue weighted by Crippen LogP contribution is 2.22. The van der Waals surface area contributed by atoms with Crippen LogP contribution in [0.25, 0.3) is 0 Å². The van der Waals surface area contributed by atoms with E-state index in [0.29, 0.717) is 11.3 Å². The fourth-order valence-electron chi connectivity index (χ4n) is 1.95. The number of hydrogen-bond donors (Lipinski definition) is 1. The molecular weight excluding hydrogens is 302 g/mol. The Morgan fingerprint density at radius 2 is 1.35 bits per heavy atom. The molecule has 0 saturated heterocycles. The number of nitrogens with zero attached hydrogens (tertiary/aromatic N) is 2. The summed E-state index contributed by atoms with van der Waals surface area (Å²) in [5.74, 6) is -0.835. The van der Waals surface area contributed by atoms with Gasteiger partial charge in [0.2, 0.25) is 5.91 Å². The van der Waals surface area contributed by atoms with Crippen LogP contribution in [0.4, 0.5) is 17.1 Å². The lowest BCUT2D eigenvalue weighted by molar-refractivity contribution is -0.385. The number of nitrogens with one attached hydrogen (secondary N) is 1. The third-order valence-electron chi connectivity index (χ3n) is 3.34. The van der Waals surface area contributed by atoms with Crippen LogP contribution in [-0.2, 0) is 4.79 Å². The van der Waals surface area contributed by atoms with Crippen molar-refractivity contribution in [2.45, 2.75) is 12.8 Å². The highest BCUT2D eigenvalue weighted by Gasteiger charge is 2.17. The number of anilines is 1. The van der Waals surface area contributed by atoms with Crippen LogP contribution in [0.1, 0.15) is 18.4 Å². The monoisotopic (exact) mass is 315 g/mol. The highest BCUT2D eigenvalue weighted by atomic mass is 16.6. The van der Waals surface area contributed by atoms with Gasteiger partial charge in [0.25, 0.3) is 11.4 Å². The molecule has 0 fully saturated rings. The quantitative estimate of drug-likeness (QED) is 0.671. The average Bonchev–Trinajstić information content (AvgIpc) is 2.54. The van der Waals surface area contributed by atoms with E-state index in [2.05, 4.69) is 5.32 Å². The van der Waals surface area contributed by atoms with Crippen molar-refractivity contribution >= 4 is 23.0 Å². The van der Waals surface area contributed by atoms with Gasteiger partial charge in [-0.2, -0.15) is 0 Å². The number of carbonyl (C=O) groups excluding carboxylic acids is 1. The van der Waals surface area contributed by atoms with E-state index in [0.717, 1.165) is 0 Å². The van der Waals surface area contributed by atoms with E-state index in [1.54, 1.807) is 6.92 Å². The Kier molecular flexibility index (Phi) is 4.65. The summed E-state index contributed by atoms with van der Waals surface area (Å²) in [7, 11) is 0. The zero-order valence-corrected chi connectivity index (χ0v) is 12.1. The molecule has 0 unspecified atom stereocenters. The minimum absolute atomic E-state index is 0.0447. The molecule has 1 N–H and O–H groups in total. The molecule has 0 heterocycles. The molecule has 23 heavy (non-hydrogen) atoms. The van der Waals surface area contributed by atoms with Gasteiger partial charge in [-0.15, -0.1) is 0 Å². The Morgan fingerprint density at radius 1 is 0.913 bits per heavy atom. The number of benzene rings is 2. The normalized spacial score (nSPS) is 11.5. The van der Waals surface area contributed by atoms with Crippen LogP contribution >= 0.6 is 0 Å². The minimum Gasteiger partial charge on any atom is -0.326 e. The van der Waals surface area contributed by atoms with Crippen molar-refractivity contribution < 1.29 is 14.6 Å². The zero-order chi connectivity index (χ0) is 17.0. The Labute approximate surface area is 131 Å². The maximum absolute atomic E-state index is 12.2. The highest BCUT2D eigenvalue weighted by molar-refractivity contribution is 5.95. The van der Waals surface area contributed by atoms with Gasteiger partial charge in [0, 0.05) is 30.0 Å². The van der Waals surface area contributed by atoms with Gasteiger partial charge in [0.1, 0.15) is 0 Å². The molecule has 1 amide bonds. The van der Waals surface area contributed by atoms with E-state index in [9.17, 15) is 25.0 Å². The van der Waals surface area contributed by atoms with Crippen molar-refractivity contribution in [2.75, 3.05) is 5.32 Å². The molecule has 118 valence electrons. The van der Waals surface area contributed by atoms with E-state index in [-0.39, 0.29) is 17.3 Å². The summed E-state index contributed by atoms with van der Waals surface area (Å²) in [6.07, 6.45) is 0. The van der Waals surface area contributed by atoms with Gasteiger partial charge in [-0.3, -0.25) is 25.0 Å². The third kappa shape index (κ3) is 3.88. The number of amides is 1. The fraction of sp³-hybridized carbons (Fsp3) is 0.133. The van der Waals surface area contributed by atoms with Crippen LogP contribution in [0.5, 0.6) is 0 Å². The number of rotatable bonds is 5. The molecule has 0 aliphatic heterocycles. The van der Waals surface area contributed by atoms with E-state index >= 15 is 0 Å². The molecule has 0 aromatic heterocycles. The summed E-state index contributed by atoms with van der Waals surface area (Å²) in [6.45, 7) is 1.67. The van der Waals surface area contributed by atoms with Crippen molar-refractivity contribution in [2.24, 2.45) is 0 Å². The standard InChI is InChI=1S/C15H13N3O5/c1-10(11-2-6-13(7-3-11)17(20)21)15(19)16-12-4-8-14(9-5-12)18(22)23/h2-10H,1H3,(H,16,19)/t10-/m0/s1. The SMILES string of the molecule is C[C@H](C(=O)Nc1ccc([N+](=O)[O-])cc1)c1ccc([N+](=O)[O-])cc1. The third-order valence-corrected chi connectivity index (χ3v) is 3.34. The summed E-state index contributed by atoms with van der Waals surface area (Å²) in [4.78, 5) is 32.3.